The number of carbonyl (C=O) groups excluding carboxylic acids is 3. The summed E-state index contributed by atoms with van der Waals surface area (Å²) in [6.45, 7) is 4.28. The predicted octanol–water partition coefficient (Wildman–Crippen LogP) is 25.4. The minimum Gasteiger partial charge on any atom is -0.465 e. The molecule has 0 unspecified atom stereocenters. The van der Waals surface area contributed by atoms with Gasteiger partial charge < -0.3 is 15.2 Å². The number of alkyl halides is 1. The zero-order valence-electron chi connectivity index (χ0n) is 54.5. The summed E-state index contributed by atoms with van der Waals surface area (Å²) in [5, 5.41) is 71.4. The van der Waals surface area contributed by atoms with E-state index in [2.05, 4.69) is 35.1 Å². The SMILES string of the molecule is CCC.COC(=O)c1ccc(Cl)c(NCc2ccc(Sc3ccc(Cl)c(Cl)c3)c([N+](=O)[O-])c2)c1.O=Cc1ccc(F)c([N+](=O)[O-])c1.O=Cc1ccc(Sc2ccc(Cl)c(Cl)c2)c([N+](=O)[O-])c1.O=[N+]([O-])c1cc(CBr)ccc1Sc1ccc(Cl)c(Cl)c1.O=[N+]([O-])c1cc(CO)ccc1Sc1ccc(Cl)c(Cl)c1. The van der Waals surface area contributed by atoms with E-state index in [0.29, 0.717) is 105 Å². The molecule has 36 heteroatoms. The van der Waals surface area contributed by atoms with Crippen molar-refractivity contribution in [2.45, 2.75) is 77.9 Å². The summed E-state index contributed by atoms with van der Waals surface area (Å²) < 4.78 is 17.3. The first kappa shape index (κ1) is 88.8. The number of nitro groups is 5. The number of benzene rings is 10. The Morgan fingerprint density at radius 2 is 0.764 bits per heavy atom. The maximum absolute atomic E-state index is 12.6. The highest BCUT2D eigenvalue weighted by Crippen LogP contribution is 2.42. The predicted molar refractivity (Wildman–Crippen MR) is 423 cm³/mol. The molecule has 0 aliphatic carbocycles. The van der Waals surface area contributed by atoms with Gasteiger partial charge in [-0.3, -0.25) is 60.2 Å². The van der Waals surface area contributed by atoms with Gasteiger partial charge in [0, 0.05) is 72.9 Å². The molecule has 0 saturated carbocycles. The van der Waals surface area contributed by atoms with E-state index in [4.69, 9.17) is 114 Å². The van der Waals surface area contributed by atoms with Crippen LogP contribution < -0.4 is 5.32 Å². The number of ether oxygens (including phenoxy) is 1. The third kappa shape index (κ3) is 27.8. The lowest BCUT2D eigenvalue weighted by atomic mass is 10.1. The number of nitro benzene ring substituents is 5. The lowest BCUT2D eigenvalue weighted by Gasteiger charge is -2.11. The Morgan fingerprint density at radius 3 is 1.11 bits per heavy atom. The van der Waals surface area contributed by atoms with Gasteiger partial charge in [0.2, 0.25) is 5.82 Å². The fraction of sp³-hybridized carbons (Fsp3) is 0.100. The largest absolute Gasteiger partial charge is 0.465 e. The maximum Gasteiger partial charge on any atom is 0.337 e. The Hall–Kier alpha value is -7.81. The Kier molecular flexibility index (Phi) is 37.3. The molecule has 0 saturated heterocycles. The van der Waals surface area contributed by atoms with Crippen LogP contribution in [0.4, 0.5) is 38.5 Å². The zero-order valence-corrected chi connectivity index (χ0v) is 66.1. The van der Waals surface area contributed by atoms with E-state index in [1.807, 2.05) is 6.07 Å². The van der Waals surface area contributed by atoms with Gasteiger partial charge in [-0.2, -0.15) is 4.39 Å². The highest BCUT2D eigenvalue weighted by atomic mass is 79.9. The molecule has 552 valence electrons. The number of nitrogens with one attached hydrogen (secondary N) is 1. The molecule has 0 atom stereocenters. The van der Waals surface area contributed by atoms with Crippen molar-refractivity contribution in [2.24, 2.45) is 0 Å². The second kappa shape index (κ2) is 44.5. The molecule has 0 aliphatic rings. The van der Waals surface area contributed by atoms with Crippen molar-refractivity contribution >= 4 is 220 Å². The Bertz CT molecular complexity index is 4780. The van der Waals surface area contributed by atoms with Crippen molar-refractivity contribution in [3.8, 4) is 0 Å². The van der Waals surface area contributed by atoms with E-state index in [1.165, 1.54) is 97.0 Å². The number of halogens is 11. The Balaban J connectivity index is 0.000000242. The fourth-order valence-electron chi connectivity index (χ4n) is 8.02. The summed E-state index contributed by atoms with van der Waals surface area (Å²) in [6.07, 6.45) is 2.24. The molecule has 10 rings (SSSR count). The first-order valence-corrected chi connectivity index (χ1v) is 37.4. The van der Waals surface area contributed by atoms with E-state index in [0.717, 1.165) is 37.3 Å². The number of nitrogens with zero attached hydrogens (tertiary/aromatic N) is 5. The molecule has 0 bridgehead atoms. The van der Waals surface area contributed by atoms with Crippen LogP contribution in [-0.4, -0.2) is 55.4 Å². The van der Waals surface area contributed by atoms with Crippen molar-refractivity contribution in [3.05, 3.63) is 317 Å². The zero-order chi connectivity index (χ0) is 78.5. The number of aliphatic hydroxyl groups is 1. The van der Waals surface area contributed by atoms with Gasteiger partial charge in [-0.05, 0) is 144 Å². The molecule has 21 nitrogen and oxygen atoms in total. The smallest absolute Gasteiger partial charge is 0.337 e. The van der Waals surface area contributed by atoms with Crippen LogP contribution in [0.25, 0.3) is 0 Å². The highest BCUT2D eigenvalue weighted by molar-refractivity contribution is 9.08. The fourth-order valence-corrected chi connectivity index (χ4v) is 13.8. The van der Waals surface area contributed by atoms with Crippen LogP contribution in [0, 0.1) is 56.4 Å². The van der Waals surface area contributed by atoms with Crippen LogP contribution >= 0.6 is 167 Å². The number of esters is 1. The monoisotopic (exact) mass is 1760 g/mol. The minimum atomic E-state index is -0.939. The summed E-state index contributed by atoms with van der Waals surface area (Å²) in [5.41, 5.74) is 2.42. The molecule has 0 aromatic heterocycles. The van der Waals surface area contributed by atoms with Crippen molar-refractivity contribution in [3.63, 3.8) is 0 Å². The summed E-state index contributed by atoms with van der Waals surface area (Å²) in [7, 11) is 1.29. The van der Waals surface area contributed by atoms with E-state index in [1.54, 1.807) is 127 Å². The molecular weight excluding hydrogens is 1710 g/mol. The Labute approximate surface area is 674 Å². The number of methoxy groups -OCH3 is 1. The molecule has 0 heterocycles. The third-order valence-corrected chi connectivity index (χ3v) is 21.1. The van der Waals surface area contributed by atoms with Crippen molar-refractivity contribution in [1.82, 2.24) is 0 Å². The summed E-state index contributed by atoms with van der Waals surface area (Å²) >= 11 is 61.6. The van der Waals surface area contributed by atoms with E-state index in [-0.39, 0.29) is 52.0 Å². The number of carbonyl (C=O) groups is 3. The lowest BCUT2D eigenvalue weighted by Crippen LogP contribution is -2.05. The molecular formula is C70H51BrCl9FN6O15S4. The highest BCUT2D eigenvalue weighted by Gasteiger charge is 2.22. The van der Waals surface area contributed by atoms with Gasteiger partial charge in [0.15, 0.2) is 0 Å². The average molecular weight is 1760 g/mol. The van der Waals surface area contributed by atoms with Gasteiger partial charge in [0.05, 0.1) is 114 Å². The number of hydrogen-bond acceptors (Lipinski definition) is 20. The first-order chi connectivity index (χ1) is 50.4. The number of aliphatic hydroxyl groups excluding tert-OH is 1. The van der Waals surface area contributed by atoms with Gasteiger partial charge in [0.1, 0.15) is 12.6 Å². The van der Waals surface area contributed by atoms with Gasteiger partial charge in [-0.25, -0.2) is 4.79 Å². The summed E-state index contributed by atoms with van der Waals surface area (Å²) in [6, 6.07) is 46.9. The number of aldehydes is 2. The molecule has 0 amide bonds. The summed E-state index contributed by atoms with van der Waals surface area (Å²) in [5.74, 6) is -1.43. The van der Waals surface area contributed by atoms with Gasteiger partial charge in [-0.15, -0.1) is 0 Å². The van der Waals surface area contributed by atoms with Gasteiger partial charge >= 0.3 is 11.7 Å². The van der Waals surface area contributed by atoms with Crippen LogP contribution in [-0.2, 0) is 23.2 Å². The van der Waals surface area contributed by atoms with Crippen molar-refractivity contribution in [2.75, 3.05) is 12.4 Å². The normalized spacial score (nSPS) is 10.3. The Morgan fingerprint density at radius 1 is 0.443 bits per heavy atom. The van der Waals surface area contributed by atoms with Crippen LogP contribution in [0.15, 0.2) is 221 Å². The van der Waals surface area contributed by atoms with Crippen molar-refractivity contribution in [1.29, 1.82) is 0 Å². The quantitative estimate of drug-likeness (QED) is 0.0222. The molecule has 10 aromatic rings. The molecule has 0 fully saturated rings. The number of rotatable bonds is 21. The topological polar surface area (TPSA) is 308 Å². The first-order valence-electron chi connectivity index (χ1n) is 29.6. The third-order valence-electron chi connectivity index (χ3n) is 13.0. The number of hydrogen-bond donors (Lipinski definition) is 2. The molecule has 2 N–H and O–H groups in total. The standard InChI is InChI=1S/C21H15Cl3N2O4S.C13H8BrCl2NO2S.C13H9Cl2NO3S.C13H7Cl2NO3S.C7H4FNO3.C3H8/c1-30-21(27)13-3-5-16(23)18(9-13)25-11-12-2-7-20(19(8-12)26(28)29)31-14-4-6-15(22)17(24)10-14;14-7-8-1-4-13(12(5-8)17(18)19)20-9-2-3-10(15)11(16)6-9;2*14-10-3-2-9(6-11(10)15)20-13-4-1-8(7-17)5-12(13)16(18)19;8-6-2-1-5(4-10)3-7(6)9(11)12;1-3-2/h2-10,25H,11H2,1H3;1-6H,7H2;1-6,17H,7H2;1-7H;1-4H;3H2,1-2H3. The van der Waals surface area contributed by atoms with Crippen molar-refractivity contribution < 1.29 is 53.2 Å². The average Bonchev–Trinajstić information content (AvgIpc) is 0.858. The molecule has 106 heavy (non-hydrogen) atoms. The minimum absolute atomic E-state index is 0.0372. The van der Waals surface area contributed by atoms with Gasteiger partial charge in [-0.1, -0.05) is 212 Å². The molecule has 10 aromatic carbocycles. The lowest BCUT2D eigenvalue weighted by molar-refractivity contribution is -0.388. The molecule has 0 spiro atoms. The van der Waals surface area contributed by atoms with E-state index >= 15 is 0 Å². The molecule has 0 radical (unpaired) electrons. The maximum atomic E-state index is 12.6. The van der Waals surface area contributed by atoms with Crippen LogP contribution in [0.3, 0.4) is 0 Å². The van der Waals surface area contributed by atoms with E-state index in [9.17, 15) is 69.3 Å². The summed E-state index contributed by atoms with van der Waals surface area (Å²) in [4.78, 5) is 89.8. The van der Waals surface area contributed by atoms with Gasteiger partial charge in [0.25, 0.3) is 22.7 Å². The second-order valence-electron chi connectivity index (χ2n) is 20.6. The molecule has 0 aliphatic heterocycles. The number of anilines is 1. The van der Waals surface area contributed by atoms with Crippen LogP contribution in [0.1, 0.15) is 68.0 Å². The second-order valence-corrected chi connectivity index (χ2v) is 29.3. The van der Waals surface area contributed by atoms with Crippen LogP contribution in [0.5, 0.6) is 0 Å². The van der Waals surface area contributed by atoms with Crippen LogP contribution in [0.2, 0.25) is 45.2 Å². The van der Waals surface area contributed by atoms with E-state index < -0.39 is 37.2 Å².